The summed E-state index contributed by atoms with van der Waals surface area (Å²) in [6.07, 6.45) is 2.56. The molecule has 1 aromatic rings. The molecule has 2 nitrogen and oxygen atoms in total. The lowest BCUT2D eigenvalue weighted by Gasteiger charge is -2.37. The Morgan fingerprint density at radius 2 is 2.25 bits per heavy atom. The number of rotatable bonds is 3. The predicted octanol–water partition coefficient (Wildman–Crippen LogP) is 2.14. The van der Waals surface area contributed by atoms with Crippen LogP contribution in [0.1, 0.15) is 24.0 Å². The Labute approximate surface area is 98.7 Å². The average Bonchev–Trinajstić information content (AvgIpc) is 2.62. The SMILES string of the molecule is CNCC1(c2cccc(C)c2)CCCN1C. The minimum Gasteiger partial charge on any atom is -0.318 e. The molecule has 88 valence electrons. The van der Waals surface area contributed by atoms with Gasteiger partial charge in [-0.3, -0.25) is 4.90 Å². The highest BCUT2D eigenvalue weighted by Crippen LogP contribution is 2.37. The maximum absolute atomic E-state index is 3.36. The Morgan fingerprint density at radius 1 is 1.44 bits per heavy atom. The van der Waals surface area contributed by atoms with Gasteiger partial charge in [-0.2, -0.15) is 0 Å². The second-order valence-corrected chi connectivity index (χ2v) is 4.96. The van der Waals surface area contributed by atoms with Gasteiger partial charge in [-0.05, 0) is 46.0 Å². The Kier molecular flexibility index (Phi) is 3.31. The topological polar surface area (TPSA) is 15.3 Å². The molecule has 0 saturated carbocycles. The van der Waals surface area contributed by atoms with Gasteiger partial charge in [0.1, 0.15) is 0 Å². The Hall–Kier alpha value is -0.860. The quantitative estimate of drug-likeness (QED) is 0.836. The third kappa shape index (κ3) is 1.87. The van der Waals surface area contributed by atoms with Crippen LogP contribution in [0.2, 0.25) is 0 Å². The van der Waals surface area contributed by atoms with E-state index in [2.05, 4.69) is 48.5 Å². The van der Waals surface area contributed by atoms with E-state index in [1.807, 2.05) is 7.05 Å². The lowest BCUT2D eigenvalue weighted by Crippen LogP contribution is -2.45. The number of nitrogens with zero attached hydrogens (tertiary/aromatic N) is 1. The fourth-order valence-corrected chi connectivity index (χ4v) is 2.93. The summed E-state index contributed by atoms with van der Waals surface area (Å²) in [4.78, 5) is 2.50. The maximum Gasteiger partial charge on any atom is 0.0583 e. The predicted molar refractivity (Wildman–Crippen MR) is 68.6 cm³/mol. The second-order valence-electron chi connectivity index (χ2n) is 4.96. The van der Waals surface area contributed by atoms with Crippen molar-refractivity contribution in [2.75, 3.05) is 27.2 Å². The van der Waals surface area contributed by atoms with E-state index in [1.54, 1.807) is 0 Å². The van der Waals surface area contributed by atoms with Gasteiger partial charge < -0.3 is 5.32 Å². The molecule has 2 rings (SSSR count). The van der Waals surface area contributed by atoms with Crippen LogP contribution >= 0.6 is 0 Å². The number of aryl methyl sites for hydroxylation is 1. The van der Waals surface area contributed by atoms with Crippen LogP contribution in [0.5, 0.6) is 0 Å². The highest BCUT2D eigenvalue weighted by Gasteiger charge is 2.39. The molecule has 1 aromatic carbocycles. The molecule has 0 radical (unpaired) electrons. The highest BCUT2D eigenvalue weighted by atomic mass is 15.2. The normalized spacial score (nSPS) is 26.2. The standard InChI is InChI=1S/C14H22N2/c1-12-6-4-7-13(10-12)14(11-15-2)8-5-9-16(14)3/h4,6-7,10,15H,5,8-9,11H2,1-3H3. The zero-order chi connectivity index (χ0) is 11.6. The van der Waals surface area contributed by atoms with Crippen molar-refractivity contribution in [3.05, 3.63) is 35.4 Å². The van der Waals surface area contributed by atoms with Crippen molar-refractivity contribution in [1.29, 1.82) is 0 Å². The zero-order valence-corrected chi connectivity index (χ0v) is 10.6. The Bertz CT molecular complexity index is 362. The Morgan fingerprint density at radius 3 is 2.81 bits per heavy atom. The highest BCUT2D eigenvalue weighted by molar-refractivity contribution is 5.30. The van der Waals surface area contributed by atoms with Crippen LogP contribution in [0.4, 0.5) is 0 Å². The second kappa shape index (κ2) is 4.56. The van der Waals surface area contributed by atoms with Crippen molar-refractivity contribution in [3.8, 4) is 0 Å². The van der Waals surface area contributed by atoms with E-state index in [0.29, 0.717) is 0 Å². The van der Waals surface area contributed by atoms with Gasteiger partial charge in [-0.1, -0.05) is 29.8 Å². The molecule has 1 atom stereocenters. The third-order valence-corrected chi connectivity index (χ3v) is 3.84. The number of likely N-dealkylation sites (N-methyl/N-ethyl adjacent to an activating group) is 2. The molecule has 0 aliphatic carbocycles. The van der Waals surface area contributed by atoms with Crippen molar-refractivity contribution in [3.63, 3.8) is 0 Å². The molecule has 16 heavy (non-hydrogen) atoms. The van der Waals surface area contributed by atoms with Crippen molar-refractivity contribution in [2.45, 2.75) is 25.3 Å². The summed E-state index contributed by atoms with van der Waals surface area (Å²) >= 11 is 0. The largest absolute Gasteiger partial charge is 0.318 e. The number of benzene rings is 1. The molecule has 1 N–H and O–H groups in total. The van der Waals surface area contributed by atoms with Gasteiger partial charge in [0.2, 0.25) is 0 Å². The van der Waals surface area contributed by atoms with Crippen molar-refractivity contribution >= 4 is 0 Å². The van der Waals surface area contributed by atoms with Crippen LogP contribution in [-0.2, 0) is 5.54 Å². The minimum atomic E-state index is 0.209. The summed E-state index contributed by atoms with van der Waals surface area (Å²) in [5, 5.41) is 3.36. The van der Waals surface area contributed by atoms with Crippen molar-refractivity contribution in [1.82, 2.24) is 10.2 Å². The van der Waals surface area contributed by atoms with E-state index < -0.39 is 0 Å². The summed E-state index contributed by atoms with van der Waals surface area (Å²) in [6.45, 7) is 4.41. The van der Waals surface area contributed by atoms with Gasteiger partial charge in [-0.25, -0.2) is 0 Å². The van der Waals surface area contributed by atoms with Gasteiger partial charge >= 0.3 is 0 Å². The molecule has 1 aliphatic rings. The summed E-state index contributed by atoms with van der Waals surface area (Å²) in [5.41, 5.74) is 3.02. The first-order chi connectivity index (χ1) is 7.69. The number of hydrogen-bond acceptors (Lipinski definition) is 2. The first-order valence-corrected chi connectivity index (χ1v) is 6.12. The van der Waals surface area contributed by atoms with Crippen LogP contribution in [0, 0.1) is 6.92 Å². The summed E-state index contributed by atoms with van der Waals surface area (Å²) in [6, 6.07) is 8.95. The van der Waals surface area contributed by atoms with Crippen LogP contribution in [-0.4, -0.2) is 32.1 Å². The van der Waals surface area contributed by atoms with Gasteiger partial charge in [-0.15, -0.1) is 0 Å². The summed E-state index contributed by atoms with van der Waals surface area (Å²) < 4.78 is 0. The fraction of sp³-hybridized carbons (Fsp3) is 0.571. The molecule has 0 spiro atoms. The number of hydrogen-bond donors (Lipinski definition) is 1. The van der Waals surface area contributed by atoms with Crippen molar-refractivity contribution < 1.29 is 0 Å². The molecule has 0 amide bonds. The molecule has 2 heteroatoms. The fourth-order valence-electron chi connectivity index (χ4n) is 2.93. The molecule has 1 aliphatic heterocycles. The average molecular weight is 218 g/mol. The molecule has 0 bridgehead atoms. The van der Waals surface area contributed by atoms with E-state index in [0.717, 1.165) is 6.54 Å². The zero-order valence-electron chi connectivity index (χ0n) is 10.6. The van der Waals surface area contributed by atoms with E-state index in [1.165, 1.54) is 30.5 Å². The van der Waals surface area contributed by atoms with Crippen LogP contribution in [0.25, 0.3) is 0 Å². The first-order valence-electron chi connectivity index (χ1n) is 6.12. The monoisotopic (exact) mass is 218 g/mol. The molecule has 1 heterocycles. The van der Waals surface area contributed by atoms with Crippen LogP contribution in [0.15, 0.2) is 24.3 Å². The van der Waals surface area contributed by atoms with E-state index in [9.17, 15) is 0 Å². The lowest BCUT2D eigenvalue weighted by molar-refractivity contribution is 0.172. The molecule has 1 fully saturated rings. The molecular formula is C14H22N2. The Balaban J connectivity index is 2.39. The maximum atomic E-state index is 3.36. The molecular weight excluding hydrogens is 196 g/mol. The van der Waals surface area contributed by atoms with Crippen LogP contribution in [0.3, 0.4) is 0 Å². The molecule has 0 aromatic heterocycles. The van der Waals surface area contributed by atoms with Gasteiger partial charge in [0.05, 0.1) is 5.54 Å². The molecule has 1 unspecified atom stereocenters. The van der Waals surface area contributed by atoms with Crippen molar-refractivity contribution in [2.24, 2.45) is 0 Å². The van der Waals surface area contributed by atoms with E-state index in [-0.39, 0.29) is 5.54 Å². The summed E-state index contributed by atoms with van der Waals surface area (Å²) in [5.74, 6) is 0. The number of likely N-dealkylation sites (tertiary alicyclic amines) is 1. The summed E-state index contributed by atoms with van der Waals surface area (Å²) in [7, 11) is 4.29. The minimum absolute atomic E-state index is 0.209. The van der Waals surface area contributed by atoms with Gasteiger partial charge in [0.15, 0.2) is 0 Å². The van der Waals surface area contributed by atoms with E-state index in [4.69, 9.17) is 0 Å². The van der Waals surface area contributed by atoms with E-state index >= 15 is 0 Å². The third-order valence-electron chi connectivity index (χ3n) is 3.84. The molecule has 1 saturated heterocycles. The first kappa shape index (κ1) is 11.6. The van der Waals surface area contributed by atoms with Crippen LogP contribution < -0.4 is 5.32 Å². The number of nitrogens with one attached hydrogen (secondary N) is 1. The van der Waals surface area contributed by atoms with Gasteiger partial charge in [0, 0.05) is 6.54 Å². The lowest BCUT2D eigenvalue weighted by atomic mass is 9.86. The van der Waals surface area contributed by atoms with Gasteiger partial charge in [0.25, 0.3) is 0 Å². The smallest absolute Gasteiger partial charge is 0.0583 e.